The summed E-state index contributed by atoms with van der Waals surface area (Å²) in [6.07, 6.45) is 4.04. The molecule has 0 spiro atoms. The first kappa shape index (κ1) is 16.2. The maximum Gasteiger partial charge on any atom is 0.157 e. The Balaban J connectivity index is 1.73. The Hall–Kier alpha value is -1.62. The first-order valence-electron chi connectivity index (χ1n) is 8.90. The summed E-state index contributed by atoms with van der Waals surface area (Å²) in [4.78, 5) is 7.31. The van der Waals surface area contributed by atoms with Crippen molar-refractivity contribution in [3.05, 3.63) is 23.5 Å². The van der Waals surface area contributed by atoms with Gasteiger partial charge in [0.05, 0.1) is 5.69 Å². The highest BCUT2D eigenvalue weighted by Gasteiger charge is 2.17. The Labute approximate surface area is 139 Å². The predicted octanol–water partition coefficient (Wildman–Crippen LogP) is 3.45. The molecule has 0 saturated carbocycles. The van der Waals surface area contributed by atoms with Gasteiger partial charge in [-0.1, -0.05) is 20.3 Å². The van der Waals surface area contributed by atoms with Crippen LogP contribution in [0.4, 0.5) is 5.82 Å². The smallest absolute Gasteiger partial charge is 0.157 e. The first-order chi connectivity index (χ1) is 11.0. The van der Waals surface area contributed by atoms with Crippen LogP contribution >= 0.6 is 0 Å². The van der Waals surface area contributed by atoms with Crippen molar-refractivity contribution in [2.75, 3.05) is 25.0 Å². The molecule has 0 aromatic carbocycles. The Morgan fingerprint density at radius 1 is 1.30 bits per heavy atom. The molecule has 1 aliphatic heterocycles. The van der Waals surface area contributed by atoms with Gasteiger partial charge in [0.15, 0.2) is 5.65 Å². The lowest BCUT2D eigenvalue weighted by Crippen LogP contribution is -2.40. The summed E-state index contributed by atoms with van der Waals surface area (Å²) in [6, 6.07) is 4.90. The molecule has 23 heavy (non-hydrogen) atoms. The van der Waals surface area contributed by atoms with Gasteiger partial charge in [0.25, 0.3) is 0 Å². The van der Waals surface area contributed by atoms with Crippen LogP contribution in [0.15, 0.2) is 12.1 Å². The molecule has 1 N–H and O–H groups in total. The molecule has 0 aliphatic carbocycles. The van der Waals surface area contributed by atoms with Gasteiger partial charge < -0.3 is 5.32 Å². The molecule has 0 unspecified atom stereocenters. The van der Waals surface area contributed by atoms with Gasteiger partial charge in [0.1, 0.15) is 5.82 Å². The summed E-state index contributed by atoms with van der Waals surface area (Å²) in [5.41, 5.74) is 3.06. The zero-order chi connectivity index (χ0) is 16.4. The van der Waals surface area contributed by atoms with Crippen LogP contribution < -0.4 is 5.32 Å². The van der Waals surface area contributed by atoms with Crippen molar-refractivity contribution in [3.8, 4) is 0 Å². The molecule has 3 rings (SSSR count). The lowest BCUT2D eigenvalue weighted by atomic mass is 10.0. The molecule has 3 heterocycles. The number of hydrogen-bond donors (Lipinski definition) is 1. The monoisotopic (exact) mass is 315 g/mol. The van der Waals surface area contributed by atoms with Gasteiger partial charge in [-0.05, 0) is 39.2 Å². The third kappa shape index (κ3) is 3.66. The van der Waals surface area contributed by atoms with Crippen molar-refractivity contribution >= 4 is 11.5 Å². The van der Waals surface area contributed by atoms with E-state index < -0.39 is 0 Å². The van der Waals surface area contributed by atoms with Crippen LogP contribution in [0.1, 0.15) is 57.3 Å². The van der Waals surface area contributed by atoms with E-state index in [9.17, 15) is 0 Å². The van der Waals surface area contributed by atoms with Gasteiger partial charge in [-0.2, -0.15) is 9.61 Å². The predicted molar refractivity (Wildman–Crippen MR) is 95.2 cm³/mol. The van der Waals surface area contributed by atoms with E-state index >= 15 is 0 Å². The van der Waals surface area contributed by atoms with Crippen molar-refractivity contribution in [1.29, 1.82) is 0 Å². The Bertz CT molecular complexity index is 661. The zero-order valence-electron chi connectivity index (χ0n) is 14.8. The lowest BCUT2D eigenvalue weighted by molar-refractivity contribution is 0.167. The fourth-order valence-corrected chi connectivity index (χ4v) is 3.35. The highest BCUT2D eigenvalue weighted by atomic mass is 15.3. The number of hydrogen-bond acceptors (Lipinski definition) is 4. The number of anilines is 1. The van der Waals surface area contributed by atoms with Gasteiger partial charge in [-0.3, -0.25) is 4.90 Å². The normalized spacial score (nSPS) is 19.6. The van der Waals surface area contributed by atoms with Crippen LogP contribution in [0.3, 0.4) is 0 Å². The van der Waals surface area contributed by atoms with Crippen molar-refractivity contribution < 1.29 is 0 Å². The molecule has 5 nitrogen and oxygen atoms in total. The number of piperidine rings is 1. The van der Waals surface area contributed by atoms with Gasteiger partial charge in [-0.15, -0.1) is 0 Å². The van der Waals surface area contributed by atoms with Crippen LogP contribution in [0, 0.1) is 6.92 Å². The third-order valence-corrected chi connectivity index (χ3v) is 4.81. The second kappa shape index (κ2) is 6.87. The molecule has 5 heteroatoms. The number of nitrogens with one attached hydrogen (secondary N) is 1. The molecule has 0 amide bonds. The number of nitrogens with zero attached hydrogens (tertiary/aromatic N) is 4. The summed E-state index contributed by atoms with van der Waals surface area (Å²) in [6.45, 7) is 12.0. The number of rotatable bonds is 5. The number of likely N-dealkylation sites (tertiary alicyclic amines) is 1. The summed E-state index contributed by atoms with van der Waals surface area (Å²) in [5, 5.41) is 8.15. The van der Waals surface area contributed by atoms with Crippen molar-refractivity contribution in [2.24, 2.45) is 0 Å². The highest BCUT2D eigenvalue weighted by molar-refractivity contribution is 5.50. The van der Waals surface area contributed by atoms with Crippen LogP contribution in [0.5, 0.6) is 0 Å². The SMILES string of the molecule is Cc1cc2nc(C(C)C)cc(NCCN3CCCC[C@H]3C)n2n1. The van der Waals surface area contributed by atoms with Crippen molar-refractivity contribution in [2.45, 2.75) is 58.9 Å². The fourth-order valence-electron chi connectivity index (χ4n) is 3.35. The van der Waals surface area contributed by atoms with Gasteiger partial charge in [0, 0.05) is 37.0 Å². The molecule has 126 valence electrons. The van der Waals surface area contributed by atoms with Crippen LogP contribution in [-0.4, -0.2) is 45.2 Å². The second-order valence-electron chi connectivity index (χ2n) is 7.08. The maximum absolute atomic E-state index is 4.72. The number of fused-ring (bicyclic) bond motifs is 1. The Morgan fingerprint density at radius 3 is 2.87 bits per heavy atom. The molecule has 1 saturated heterocycles. The molecule has 1 aliphatic rings. The highest BCUT2D eigenvalue weighted by Crippen LogP contribution is 2.20. The summed E-state index contributed by atoms with van der Waals surface area (Å²) < 4.78 is 1.93. The second-order valence-corrected chi connectivity index (χ2v) is 7.08. The van der Waals surface area contributed by atoms with Crippen LogP contribution in [0.2, 0.25) is 0 Å². The molecular weight excluding hydrogens is 286 g/mol. The van der Waals surface area contributed by atoms with E-state index in [1.807, 2.05) is 17.5 Å². The fraction of sp³-hybridized carbons (Fsp3) is 0.667. The molecule has 1 atom stereocenters. The molecule has 2 aromatic heterocycles. The maximum atomic E-state index is 4.72. The van der Waals surface area contributed by atoms with Gasteiger partial charge >= 0.3 is 0 Å². The van der Waals surface area contributed by atoms with E-state index in [0.717, 1.165) is 35.9 Å². The molecule has 0 radical (unpaired) electrons. The van der Waals surface area contributed by atoms with Crippen molar-refractivity contribution in [3.63, 3.8) is 0 Å². The molecular formula is C18H29N5. The van der Waals surface area contributed by atoms with E-state index in [-0.39, 0.29) is 0 Å². The van der Waals surface area contributed by atoms with E-state index in [1.54, 1.807) is 0 Å². The first-order valence-corrected chi connectivity index (χ1v) is 8.90. The van der Waals surface area contributed by atoms with E-state index in [4.69, 9.17) is 4.98 Å². The summed E-state index contributed by atoms with van der Waals surface area (Å²) >= 11 is 0. The minimum atomic E-state index is 0.415. The van der Waals surface area contributed by atoms with E-state index in [0.29, 0.717) is 12.0 Å². The molecule has 1 fully saturated rings. The molecule has 2 aromatic rings. The Morgan fingerprint density at radius 2 is 2.13 bits per heavy atom. The summed E-state index contributed by atoms with van der Waals surface area (Å²) in [7, 11) is 0. The third-order valence-electron chi connectivity index (χ3n) is 4.81. The average molecular weight is 315 g/mol. The van der Waals surface area contributed by atoms with Crippen LogP contribution in [0.25, 0.3) is 5.65 Å². The standard InChI is InChI=1S/C18H29N5/c1-13(2)16-12-17(23-18(20-16)11-14(3)21-23)19-8-10-22-9-6-5-7-15(22)4/h11-13,15,19H,5-10H2,1-4H3/t15-/m1/s1. The topological polar surface area (TPSA) is 45.5 Å². The van der Waals surface area contributed by atoms with Crippen LogP contribution in [-0.2, 0) is 0 Å². The van der Waals surface area contributed by atoms with Gasteiger partial charge in [0.2, 0.25) is 0 Å². The minimum Gasteiger partial charge on any atom is -0.369 e. The van der Waals surface area contributed by atoms with Crippen molar-refractivity contribution in [1.82, 2.24) is 19.5 Å². The quantitative estimate of drug-likeness (QED) is 0.918. The zero-order valence-corrected chi connectivity index (χ0v) is 14.8. The number of aryl methyl sites for hydroxylation is 1. The summed E-state index contributed by atoms with van der Waals surface area (Å²) in [5.74, 6) is 1.47. The largest absolute Gasteiger partial charge is 0.369 e. The molecule has 0 bridgehead atoms. The van der Waals surface area contributed by atoms with E-state index in [1.165, 1.54) is 25.8 Å². The number of aromatic nitrogens is 3. The van der Waals surface area contributed by atoms with E-state index in [2.05, 4.69) is 42.2 Å². The Kier molecular flexibility index (Phi) is 4.85. The average Bonchev–Trinajstić information content (AvgIpc) is 2.89. The lowest BCUT2D eigenvalue weighted by Gasteiger charge is -2.33. The minimum absolute atomic E-state index is 0.415. The van der Waals surface area contributed by atoms with Gasteiger partial charge in [-0.25, -0.2) is 4.98 Å².